The van der Waals surface area contributed by atoms with E-state index in [1.807, 2.05) is 18.2 Å². The number of benzene rings is 1. The monoisotopic (exact) mass is 568 g/mol. The van der Waals surface area contributed by atoms with Crippen molar-refractivity contribution in [3.05, 3.63) is 85.9 Å². The summed E-state index contributed by atoms with van der Waals surface area (Å²) >= 11 is 0. The van der Waals surface area contributed by atoms with Gasteiger partial charge in [0.2, 0.25) is 0 Å². The molecule has 34 heavy (non-hydrogen) atoms. The van der Waals surface area contributed by atoms with Gasteiger partial charge in [-0.3, -0.25) is 0 Å². The molecule has 0 aliphatic carbocycles. The summed E-state index contributed by atoms with van der Waals surface area (Å²) in [6.07, 6.45) is 0. The van der Waals surface area contributed by atoms with Gasteiger partial charge in [-0.2, -0.15) is 0 Å². The van der Waals surface area contributed by atoms with Gasteiger partial charge in [0.05, 0.1) is 25.4 Å². The van der Waals surface area contributed by atoms with Crippen molar-refractivity contribution in [1.82, 2.24) is 0 Å². The molecule has 0 aromatic heterocycles. The van der Waals surface area contributed by atoms with E-state index in [9.17, 15) is 9.59 Å². The van der Waals surface area contributed by atoms with Crippen molar-refractivity contribution in [1.29, 1.82) is 0 Å². The third-order valence-electron chi connectivity index (χ3n) is 4.70. The van der Waals surface area contributed by atoms with E-state index in [1.165, 1.54) is 30.7 Å². The number of esters is 2. The van der Waals surface area contributed by atoms with E-state index in [1.54, 1.807) is 0 Å². The van der Waals surface area contributed by atoms with E-state index in [0.29, 0.717) is 11.1 Å². The van der Waals surface area contributed by atoms with Crippen molar-refractivity contribution in [3.8, 4) is 0 Å². The molecule has 1 aromatic carbocycles. The van der Waals surface area contributed by atoms with Crippen LogP contribution in [0.5, 0.6) is 0 Å². The van der Waals surface area contributed by atoms with Crippen LogP contribution < -0.4 is 5.30 Å². The number of hydrogen-bond acceptors (Lipinski definition) is 4. The number of hydrogen-bond donors (Lipinski definition) is 0. The molecule has 176 valence electrons. The fourth-order valence-electron chi connectivity index (χ4n) is 3.56. The summed E-state index contributed by atoms with van der Waals surface area (Å²) < 4.78 is 47.4. The van der Waals surface area contributed by atoms with Crippen molar-refractivity contribution >= 4 is 25.2 Å². The first-order chi connectivity index (χ1) is 16.0. The van der Waals surface area contributed by atoms with E-state index in [4.69, 9.17) is 32.7 Å². The number of methoxy groups -OCH3 is 2. The summed E-state index contributed by atoms with van der Waals surface area (Å²) in [6, 6.07) is 10.1. The van der Waals surface area contributed by atoms with Gasteiger partial charge in [-0.15, -0.1) is 0 Å². The summed E-state index contributed by atoms with van der Waals surface area (Å²) in [5, 5.41) is 1.19. The zero-order valence-corrected chi connectivity index (χ0v) is 21.5. The fraction of sp³-hybridized carbons (Fsp3) is 0.261. The molecule has 0 fully saturated rings. The number of fused-ring (bicyclic) bond motifs is 2. The zero-order valence-electron chi connectivity index (χ0n) is 18.6. The first-order valence-electron chi connectivity index (χ1n) is 8.46. The van der Waals surface area contributed by atoms with Gasteiger partial charge < -0.3 is 9.47 Å². The average Bonchev–Trinajstić information content (AvgIpc) is 3.40. The molecule has 2 heterocycles. The quantitative estimate of drug-likeness (QED) is 0.138. The van der Waals surface area contributed by atoms with E-state index < -0.39 is 19.9 Å². The molecule has 0 N–H and O–H groups in total. The van der Waals surface area contributed by atoms with Crippen LogP contribution in [0.25, 0.3) is 0 Å². The Kier molecular flexibility index (Phi) is 25.3. The van der Waals surface area contributed by atoms with Gasteiger partial charge in [-0.05, 0) is 19.2 Å². The Labute approximate surface area is 213 Å². The predicted molar refractivity (Wildman–Crippen MR) is 110 cm³/mol. The first kappa shape index (κ1) is 38.7. The van der Waals surface area contributed by atoms with Crippen LogP contribution in [-0.2, 0) is 63.4 Å². The molecule has 0 spiro atoms. The molecular formula is C23H19MoO9P. The molecule has 2 atom stereocenters. The van der Waals surface area contributed by atoms with E-state index in [0.717, 1.165) is 0 Å². The maximum atomic E-state index is 12.4. The average molecular weight is 566 g/mol. The number of carbonyl (C=O) groups excluding carboxylic acids is 2. The Morgan fingerprint density at radius 2 is 1.00 bits per heavy atom. The summed E-state index contributed by atoms with van der Waals surface area (Å²) in [5.74, 6) is -0.846. The maximum Gasteiger partial charge on any atom is 0 e. The van der Waals surface area contributed by atoms with E-state index >= 15 is 0 Å². The first-order valence-corrected chi connectivity index (χ1v) is 9.94. The Balaban J connectivity index is -0.000000364. The summed E-state index contributed by atoms with van der Waals surface area (Å²) in [5.41, 5.74) is 3.22. The molecule has 2 aliphatic rings. The van der Waals surface area contributed by atoms with Gasteiger partial charge in [0.25, 0.3) is 0 Å². The van der Waals surface area contributed by atoms with Crippen LogP contribution in [0.1, 0.15) is 13.8 Å². The Bertz CT molecular complexity index is 879. The molecule has 11 heteroatoms. The van der Waals surface area contributed by atoms with Crippen molar-refractivity contribution in [3.63, 3.8) is 0 Å². The third-order valence-corrected chi connectivity index (χ3v) is 8.00. The van der Waals surface area contributed by atoms with Gasteiger partial charge in [-0.1, -0.05) is 49.4 Å². The van der Waals surface area contributed by atoms with Crippen molar-refractivity contribution < 1.29 is 63.4 Å². The summed E-state index contributed by atoms with van der Waals surface area (Å²) in [4.78, 5) is 24.7. The normalized spacial score (nSPS) is 17.8. The van der Waals surface area contributed by atoms with E-state index in [-0.39, 0.29) is 32.4 Å². The van der Waals surface area contributed by atoms with Crippen LogP contribution in [0.15, 0.2) is 52.6 Å². The largest absolute Gasteiger partial charge is 0 e. The standard InChI is InChI=1S/C18H19O4P.5CO.Mo/c1-10-11(2)16-14(18(20)22-4)13(17(19)21-3)15(10)23(16)12-8-6-5-7-9-12;5*1-2;/h5-9,15-16H,1-4H3;;;;;;. The summed E-state index contributed by atoms with van der Waals surface area (Å²) in [7, 11) is 1.97. The van der Waals surface area contributed by atoms with Crippen LogP contribution in [-0.4, -0.2) is 37.5 Å². The van der Waals surface area contributed by atoms with Crippen molar-refractivity contribution in [2.24, 2.45) is 0 Å². The Morgan fingerprint density at radius 1 is 0.706 bits per heavy atom. The van der Waals surface area contributed by atoms with Crippen LogP contribution in [0, 0.1) is 33.3 Å². The third kappa shape index (κ3) is 8.35. The molecule has 2 bridgehead atoms. The topological polar surface area (TPSA) is 152 Å². The van der Waals surface area contributed by atoms with Crippen molar-refractivity contribution in [2.45, 2.75) is 25.2 Å². The van der Waals surface area contributed by atoms with Gasteiger partial charge in [0, 0.05) is 32.4 Å². The zero-order chi connectivity index (χ0) is 26.7. The SMILES string of the molecule is COC(=O)C1=C(C(=O)OC)C2C(C)=C(C)C1P2c1ccccc1.[C-]#[O+].[C-]#[O+].[C-]#[O+].[C-]#[O+].[C-]#[O+].[Mo]. The molecule has 2 unspecified atom stereocenters. The smallest absolute Gasteiger partial charge is 0 e. The molecule has 0 saturated heterocycles. The molecule has 1 aromatic rings. The second-order valence-electron chi connectivity index (χ2n) is 5.72. The minimum atomic E-state index is -0.735. The van der Waals surface area contributed by atoms with E-state index in [2.05, 4.69) is 59.2 Å². The van der Waals surface area contributed by atoms with Crippen LogP contribution in [0.4, 0.5) is 0 Å². The van der Waals surface area contributed by atoms with Gasteiger partial charge in [0.15, 0.2) is 0 Å². The Hall–Kier alpha value is -2.54. The molecule has 0 saturated carbocycles. The number of allylic oxidation sites excluding steroid dienone is 2. The minimum Gasteiger partial charge on any atom is 0 e. The van der Waals surface area contributed by atoms with Crippen LogP contribution in [0.2, 0.25) is 0 Å². The second kappa shape index (κ2) is 22.3. The number of ether oxygens (including phenoxy) is 2. The number of rotatable bonds is 3. The molecule has 9 nitrogen and oxygen atoms in total. The summed E-state index contributed by atoms with van der Waals surface area (Å²) in [6.45, 7) is 26.6. The second-order valence-corrected chi connectivity index (χ2v) is 8.09. The van der Waals surface area contributed by atoms with Gasteiger partial charge >= 0.3 is 68.5 Å². The maximum absolute atomic E-state index is 12.4. The number of carbonyl (C=O) groups is 2. The predicted octanol–water partition coefficient (Wildman–Crippen LogP) is 2.35. The van der Waals surface area contributed by atoms with Crippen molar-refractivity contribution in [2.75, 3.05) is 14.2 Å². The van der Waals surface area contributed by atoms with Gasteiger partial charge in [0.1, 0.15) is 0 Å². The molecule has 0 amide bonds. The van der Waals surface area contributed by atoms with Crippen LogP contribution >= 0.6 is 7.92 Å². The molecule has 3 rings (SSSR count). The van der Waals surface area contributed by atoms with Crippen LogP contribution in [0.3, 0.4) is 0 Å². The molecule has 0 radical (unpaired) electrons. The molecule has 2 aliphatic heterocycles. The van der Waals surface area contributed by atoms with Gasteiger partial charge in [-0.25, -0.2) is 9.59 Å². The fourth-order valence-corrected chi connectivity index (χ4v) is 7.26. The minimum absolute atomic E-state index is 0. The molecular weight excluding hydrogens is 547 g/mol. The Morgan fingerprint density at radius 3 is 1.26 bits per heavy atom.